The van der Waals surface area contributed by atoms with Gasteiger partial charge in [-0.15, -0.1) is 0 Å². The lowest BCUT2D eigenvalue weighted by Crippen LogP contribution is -2.41. The third kappa shape index (κ3) is 20.3. The second kappa shape index (κ2) is 18.3. The number of hydrogen-bond donors (Lipinski definition) is 0. The zero-order chi connectivity index (χ0) is 19.5. The van der Waals surface area contributed by atoms with Crippen LogP contribution in [0.25, 0.3) is 0 Å². The first-order valence-corrected chi connectivity index (χ1v) is 12.3. The molecule has 0 bridgehead atoms. The lowest BCUT2D eigenvalue weighted by Gasteiger charge is -2.30. The van der Waals surface area contributed by atoms with E-state index in [2.05, 4.69) is 34.9 Å². The third-order valence-electron chi connectivity index (χ3n) is 5.91. The molecule has 0 atom stereocenters. The number of unbranched alkanes of at least 4 members (excludes halogenated alkanes) is 14. The second-order valence-corrected chi connectivity index (χ2v) is 9.87. The van der Waals surface area contributed by atoms with E-state index in [1.54, 1.807) is 0 Å². The minimum absolute atomic E-state index is 0.862. The Balaban J connectivity index is 3.23. The Labute approximate surface area is 167 Å². The Morgan fingerprint density at radius 2 is 0.846 bits per heavy atom. The molecule has 1 heteroatoms. The Morgan fingerprint density at radius 3 is 1.23 bits per heavy atom. The van der Waals surface area contributed by atoms with Crippen molar-refractivity contribution in [3.8, 4) is 0 Å². The molecule has 0 aliphatic carbocycles. The molecule has 0 aromatic heterocycles. The zero-order valence-electron chi connectivity index (χ0n) is 19.5. The normalized spacial score (nSPS) is 12.2. The van der Waals surface area contributed by atoms with Gasteiger partial charge in [-0.05, 0) is 31.6 Å². The van der Waals surface area contributed by atoms with E-state index in [4.69, 9.17) is 0 Å². The van der Waals surface area contributed by atoms with Gasteiger partial charge < -0.3 is 4.48 Å². The number of hydrogen-bond acceptors (Lipinski definition) is 0. The van der Waals surface area contributed by atoms with Crippen LogP contribution in [0.3, 0.4) is 0 Å². The van der Waals surface area contributed by atoms with Gasteiger partial charge in [-0.2, -0.15) is 0 Å². The lowest BCUT2D eigenvalue weighted by atomic mass is 10.0. The molecule has 0 heterocycles. The molecule has 0 amide bonds. The van der Waals surface area contributed by atoms with Gasteiger partial charge in [-0.25, -0.2) is 0 Å². The highest BCUT2D eigenvalue weighted by molar-refractivity contribution is 4.50. The second-order valence-electron chi connectivity index (χ2n) is 9.87. The highest BCUT2D eigenvalue weighted by Gasteiger charge is 2.13. The molecule has 0 aromatic rings. The van der Waals surface area contributed by atoms with Crippen LogP contribution < -0.4 is 0 Å². The zero-order valence-corrected chi connectivity index (χ0v) is 19.5. The summed E-state index contributed by atoms with van der Waals surface area (Å²) in [5.74, 6) is 0.862. The van der Waals surface area contributed by atoms with Crippen molar-refractivity contribution in [3.05, 3.63) is 0 Å². The summed E-state index contributed by atoms with van der Waals surface area (Å²) in [5.41, 5.74) is 0. The van der Waals surface area contributed by atoms with E-state index in [0.717, 1.165) is 5.92 Å². The molecule has 0 rings (SSSR count). The van der Waals surface area contributed by atoms with Gasteiger partial charge in [0, 0.05) is 0 Å². The van der Waals surface area contributed by atoms with Gasteiger partial charge in [0.1, 0.15) is 0 Å². The topological polar surface area (TPSA) is 0 Å². The largest absolute Gasteiger partial charge is 0.328 e. The van der Waals surface area contributed by atoms with E-state index in [9.17, 15) is 0 Å². The van der Waals surface area contributed by atoms with Gasteiger partial charge in [-0.3, -0.25) is 0 Å². The van der Waals surface area contributed by atoms with Crippen LogP contribution in [0.4, 0.5) is 0 Å². The molecular weight excluding hydrogens is 314 g/mol. The van der Waals surface area contributed by atoms with Gasteiger partial charge >= 0.3 is 0 Å². The Hall–Kier alpha value is -0.0400. The Morgan fingerprint density at radius 1 is 0.500 bits per heavy atom. The van der Waals surface area contributed by atoms with Crippen molar-refractivity contribution in [2.75, 3.05) is 27.2 Å². The fourth-order valence-corrected chi connectivity index (χ4v) is 3.95. The monoisotopic (exact) mass is 368 g/mol. The van der Waals surface area contributed by atoms with Gasteiger partial charge in [-0.1, -0.05) is 104 Å². The van der Waals surface area contributed by atoms with Crippen molar-refractivity contribution < 1.29 is 4.48 Å². The van der Waals surface area contributed by atoms with Crippen molar-refractivity contribution in [1.82, 2.24) is 0 Å². The summed E-state index contributed by atoms with van der Waals surface area (Å²) in [5, 5.41) is 0. The molecule has 0 saturated carbocycles. The van der Waals surface area contributed by atoms with Crippen LogP contribution in [0.1, 0.15) is 130 Å². The van der Waals surface area contributed by atoms with Crippen LogP contribution in [0.5, 0.6) is 0 Å². The molecule has 26 heavy (non-hydrogen) atoms. The van der Waals surface area contributed by atoms with E-state index in [0.29, 0.717) is 0 Å². The van der Waals surface area contributed by atoms with Crippen LogP contribution in [0.15, 0.2) is 0 Å². The predicted molar refractivity (Wildman–Crippen MR) is 121 cm³/mol. The van der Waals surface area contributed by atoms with Crippen LogP contribution >= 0.6 is 0 Å². The Kier molecular flexibility index (Phi) is 18.3. The van der Waals surface area contributed by atoms with E-state index in [1.807, 2.05) is 0 Å². The van der Waals surface area contributed by atoms with Crippen LogP contribution in [-0.4, -0.2) is 31.7 Å². The first kappa shape index (κ1) is 26.0. The number of rotatable bonds is 20. The standard InChI is InChI=1S/C25H54N/c1-6-7-8-9-10-11-12-13-14-15-16-17-18-19-20-23-26(4,5)24-21-22-25(2)3/h25H,6-24H2,1-5H3/q+1. The summed E-state index contributed by atoms with van der Waals surface area (Å²) in [7, 11) is 4.84. The first-order chi connectivity index (χ1) is 12.5. The SMILES string of the molecule is CCCCCCCCCCCCCCCCC[N+](C)(C)CCCC(C)C. The van der Waals surface area contributed by atoms with Crippen LogP contribution in [0.2, 0.25) is 0 Å². The fraction of sp³-hybridized carbons (Fsp3) is 1.00. The molecule has 1 nitrogen and oxygen atoms in total. The molecule has 0 fully saturated rings. The number of quaternary nitrogens is 1. The molecule has 0 aliphatic rings. The molecule has 0 unspecified atom stereocenters. The van der Waals surface area contributed by atoms with E-state index >= 15 is 0 Å². The summed E-state index contributed by atoms with van der Waals surface area (Å²) in [6.07, 6.45) is 24.7. The molecule has 0 aromatic carbocycles. The van der Waals surface area contributed by atoms with Crippen molar-refractivity contribution in [2.45, 2.75) is 130 Å². The van der Waals surface area contributed by atoms with E-state index in [-0.39, 0.29) is 0 Å². The molecule has 158 valence electrons. The molecular formula is C25H54N+. The van der Waals surface area contributed by atoms with Gasteiger partial charge in [0.25, 0.3) is 0 Å². The smallest absolute Gasteiger partial charge is 0.0782 e. The maximum absolute atomic E-state index is 2.42. The van der Waals surface area contributed by atoms with Crippen LogP contribution in [0, 0.1) is 5.92 Å². The average Bonchev–Trinajstić information content (AvgIpc) is 2.57. The van der Waals surface area contributed by atoms with Crippen molar-refractivity contribution >= 4 is 0 Å². The fourth-order valence-electron chi connectivity index (χ4n) is 3.95. The number of nitrogens with zero attached hydrogens (tertiary/aromatic N) is 1. The quantitative estimate of drug-likeness (QED) is 0.149. The van der Waals surface area contributed by atoms with Gasteiger partial charge in [0.05, 0.1) is 27.2 Å². The minimum atomic E-state index is 0.862. The first-order valence-electron chi connectivity index (χ1n) is 12.3. The van der Waals surface area contributed by atoms with Crippen molar-refractivity contribution in [3.63, 3.8) is 0 Å². The average molecular weight is 369 g/mol. The van der Waals surface area contributed by atoms with Crippen molar-refractivity contribution in [2.24, 2.45) is 5.92 Å². The van der Waals surface area contributed by atoms with E-state index in [1.165, 1.54) is 127 Å². The molecule has 0 saturated heterocycles. The summed E-state index contributed by atoms with van der Waals surface area (Å²) in [6.45, 7) is 9.71. The highest BCUT2D eigenvalue weighted by atomic mass is 15.3. The third-order valence-corrected chi connectivity index (χ3v) is 5.91. The van der Waals surface area contributed by atoms with Crippen molar-refractivity contribution in [1.29, 1.82) is 0 Å². The summed E-state index contributed by atoms with van der Waals surface area (Å²) in [6, 6.07) is 0. The van der Waals surface area contributed by atoms with Gasteiger partial charge in [0.15, 0.2) is 0 Å². The van der Waals surface area contributed by atoms with Gasteiger partial charge in [0.2, 0.25) is 0 Å². The summed E-state index contributed by atoms with van der Waals surface area (Å²) in [4.78, 5) is 0. The molecule has 0 N–H and O–H groups in total. The van der Waals surface area contributed by atoms with E-state index < -0.39 is 0 Å². The summed E-state index contributed by atoms with van der Waals surface area (Å²) < 4.78 is 1.23. The molecule has 0 aliphatic heterocycles. The predicted octanol–water partition coefficient (Wildman–Crippen LogP) is 8.37. The Bertz CT molecular complexity index is 269. The lowest BCUT2D eigenvalue weighted by molar-refractivity contribution is -0.890. The minimum Gasteiger partial charge on any atom is -0.328 e. The maximum Gasteiger partial charge on any atom is 0.0782 e. The summed E-state index contributed by atoms with van der Waals surface area (Å²) >= 11 is 0. The molecule has 0 spiro atoms. The highest BCUT2D eigenvalue weighted by Crippen LogP contribution is 2.14. The maximum atomic E-state index is 2.42. The molecule has 0 radical (unpaired) electrons. The van der Waals surface area contributed by atoms with Crippen LogP contribution in [-0.2, 0) is 0 Å².